The van der Waals surface area contributed by atoms with Gasteiger partial charge in [0.1, 0.15) is 5.82 Å². The monoisotopic (exact) mass is 209 g/mol. The Kier molecular flexibility index (Phi) is 5.55. The summed E-state index contributed by atoms with van der Waals surface area (Å²) in [5.41, 5.74) is 1.08. The average molecular weight is 209 g/mol. The SMILES string of the molecule is CNc1cc(NCCCCCO)ccn1. The van der Waals surface area contributed by atoms with Gasteiger partial charge in [0.25, 0.3) is 0 Å². The summed E-state index contributed by atoms with van der Waals surface area (Å²) in [4.78, 5) is 4.13. The maximum absolute atomic E-state index is 8.61. The van der Waals surface area contributed by atoms with Crippen molar-refractivity contribution >= 4 is 11.5 Å². The standard InChI is InChI=1S/C11H19N3O/c1-12-11-9-10(5-7-14-11)13-6-3-2-4-8-15/h5,7,9,15H,2-4,6,8H2,1H3,(H2,12,13,14). The van der Waals surface area contributed by atoms with Gasteiger partial charge in [-0.25, -0.2) is 4.98 Å². The van der Waals surface area contributed by atoms with Crippen LogP contribution in [0, 0.1) is 0 Å². The Morgan fingerprint density at radius 1 is 1.33 bits per heavy atom. The van der Waals surface area contributed by atoms with Gasteiger partial charge in [0.15, 0.2) is 0 Å². The molecule has 1 rings (SSSR count). The van der Waals surface area contributed by atoms with Crippen molar-refractivity contribution in [3.8, 4) is 0 Å². The number of aliphatic hydroxyl groups is 1. The van der Waals surface area contributed by atoms with Gasteiger partial charge in [-0.1, -0.05) is 0 Å². The van der Waals surface area contributed by atoms with E-state index >= 15 is 0 Å². The van der Waals surface area contributed by atoms with E-state index in [-0.39, 0.29) is 0 Å². The summed E-state index contributed by atoms with van der Waals surface area (Å²) in [6.07, 6.45) is 4.81. The molecule has 4 nitrogen and oxygen atoms in total. The van der Waals surface area contributed by atoms with E-state index in [0.29, 0.717) is 6.61 Å². The zero-order valence-corrected chi connectivity index (χ0v) is 9.16. The number of aromatic nitrogens is 1. The van der Waals surface area contributed by atoms with Crippen molar-refractivity contribution in [2.75, 3.05) is 30.8 Å². The molecule has 0 aliphatic heterocycles. The quantitative estimate of drug-likeness (QED) is 0.598. The van der Waals surface area contributed by atoms with E-state index in [2.05, 4.69) is 15.6 Å². The van der Waals surface area contributed by atoms with E-state index in [9.17, 15) is 0 Å². The van der Waals surface area contributed by atoms with E-state index in [1.807, 2.05) is 19.2 Å². The first-order valence-corrected chi connectivity index (χ1v) is 5.35. The fourth-order valence-electron chi connectivity index (χ4n) is 1.32. The molecule has 15 heavy (non-hydrogen) atoms. The first-order valence-electron chi connectivity index (χ1n) is 5.35. The van der Waals surface area contributed by atoms with Gasteiger partial charge in [0, 0.05) is 38.1 Å². The maximum atomic E-state index is 8.61. The Bertz CT molecular complexity index is 278. The number of nitrogens with one attached hydrogen (secondary N) is 2. The van der Waals surface area contributed by atoms with Crippen molar-refractivity contribution in [3.63, 3.8) is 0 Å². The van der Waals surface area contributed by atoms with Crippen molar-refractivity contribution in [3.05, 3.63) is 18.3 Å². The molecule has 84 valence electrons. The van der Waals surface area contributed by atoms with E-state index in [1.54, 1.807) is 6.20 Å². The second-order valence-corrected chi connectivity index (χ2v) is 3.39. The molecule has 1 aromatic heterocycles. The highest BCUT2D eigenvalue weighted by Gasteiger charge is 1.94. The van der Waals surface area contributed by atoms with Gasteiger partial charge in [-0.05, 0) is 25.3 Å². The molecule has 4 heteroatoms. The van der Waals surface area contributed by atoms with Crippen LogP contribution >= 0.6 is 0 Å². The first-order chi connectivity index (χ1) is 7.36. The van der Waals surface area contributed by atoms with E-state index in [0.717, 1.165) is 37.3 Å². The summed E-state index contributed by atoms with van der Waals surface area (Å²) in [6.45, 7) is 1.23. The number of hydrogen-bond donors (Lipinski definition) is 3. The smallest absolute Gasteiger partial charge is 0.127 e. The number of aliphatic hydroxyl groups excluding tert-OH is 1. The molecule has 0 saturated carbocycles. The molecule has 3 N–H and O–H groups in total. The van der Waals surface area contributed by atoms with Crippen molar-refractivity contribution in [2.24, 2.45) is 0 Å². The van der Waals surface area contributed by atoms with Crippen LogP contribution in [0.4, 0.5) is 11.5 Å². The zero-order valence-electron chi connectivity index (χ0n) is 9.16. The minimum Gasteiger partial charge on any atom is -0.396 e. The lowest BCUT2D eigenvalue weighted by molar-refractivity contribution is 0.283. The molecular formula is C11H19N3O. The van der Waals surface area contributed by atoms with Crippen LogP contribution < -0.4 is 10.6 Å². The molecule has 0 fully saturated rings. The van der Waals surface area contributed by atoms with Crippen molar-refractivity contribution in [1.82, 2.24) is 4.98 Å². The van der Waals surface area contributed by atoms with Crippen LogP contribution in [-0.4, -0.2) is 30.3 Å². The molecule has 0 aliphatic rings. The lowest BCUT2D eigenvalue weighted by atomic mass is 10.2. The lowest BCUT2D eigenvalue weighted by Gasteiger charge is -2.07. The van der Waals surface area contributed by atoms with Crippen LogP contribution in [0.3, 0.4) is 0 Å². The number of anilines is 2. The van der Waals surface area contributed by atoms with Crippen LogP contribution in [0.5, 0.6) is 0 Å². The highest BCUT2D eigenvalue weighted by Crippen LogP contribution is 2.11. The zero-order chi connectivity index (χ0) is 10.9. The fraction of sp³-hybridized carbons (Fsp3) is 0.545. The summed E-state index contributed by atoms with van der Waals surface area (Å²) in [5, 5.41) is 14.9. The number of hydrogen-bond acceptors (Lipinski definition) is 4. The van der Waals surface area contributed by atoms with Gasteiger partial charge in [-0.3, -0.25) is 0 Å². The van der Waals surface area contributed by atoms with Crippen LogP contribution in [0.25, 0.3) is 0 Å². The Morgan fingerprint density at radius 2 is 2.20 bits per heavy atom. The van der Waals surface area contributed by atoms with Gasteiger partial charge in [-0.2, -0.15) is 0 Å². The van der Waals surface area contributed by atoms with E-state index < -0.39 is 0 Å². The minimum absolute atomic E-state index is 0.291. The van der Waals surface area contributed by atoms with Crippen molar-refractivity contribution < 1.29 is 5.11 Å². The number of pyridine rings is 1. The Labute approximate surface area is 90.7 Å². The number of rotatable bonds is 7. The number of nitrogens with zero attached hydrogens (tertiary/aromatic N) is 1. The molecule has 0 amide bonds. The van der Waals surface area contributed by atoms with Crippen LogP contribution in [0.2, 0.25) is 0 Å². The summed E-state index contributed by atoms with van der Waals surface area (Å²) >= 11 is 0. The molecule has 0 atom stereocenters. The highest BCUT2D eigenvalue weighted by atomic mass is 16.2. The summed E-state index contributed by atoms with van der Waals surface area (Å²) in [7, 11) is 1.85. The predicted molar refractivity (Wildman–Crippen MR) is 63.2 cm³/mol. The Balaban J connectivity index is 2.24. The van der Waals surface area contributed by atoms with Gasteiger partial charge >= 0.3 is 0 Å². The van der Waals surface area contributed by atoms with Crippen molar-refractivity contribution in [1.29, 1.82) is 0 Å². The van der Waals surface area contributed by atoms with Gasteiger partial charge in [-0.15, -0.1) is 0 Å². The fourth-order valence-corrected chi connectivity index (χ4v) is 1.32. The third-order valence-electron chi connectivity index (χ3n) is 2.18. The van der Waals surface area contributed by atoms with E-state index in [1.165, 1.54) is 0 Å². The van der Waals surface area contributed by atoms with Crippen molar-refractivity contribution in [2.45, 2.75) is 19.3 Å². The molecular weight excluding hydrogens is 190 g/mol. The molecule has 0 spiro atoms. The molecule has 0 bridgehead atoms. The topological polar surface area (TPSA) is 57.2 Å². The molecule has 0 saturated heterocycles. The third kappa shape index (κ3) is 4.65. The minimum atomic E-state index is 0.291. The lowest BCUT2D eigenvalue weighted by Crippen LogP contribution is -2.02. The molecule has 1 heterocycles. The Morgan fingerprint density at radius 3 is 2.93 bits per heavy atom. The molecule has 0 unspecified atom stereocenters. The maximum Gasteiger partial charge on any atom is 0.127 e. The van der Waals surface area contributed by atoms with Crippen LogP contribution in [-0.2, 0) is 0 Å². The third-order valence-corrected chi connectivity index (χ3v) is 2.18. The Hall–Kier alpha value is -1.29. The van der Waals surface area contributed by atoms with Crippen LogP contribution in [0.15, 0.2) is 18.3 Å². The van der Waals surface area contributed by atoms with Gasteiger partial charge in [0.05, 0.1) is 0 Å². The van der Waals surface area contributed by atoms with Crippen LogP contribution in [0.1, 0.15) is 19.3 Å². The first kappa shape index (κ1) is 11.8. The second kappa shape index (κ2) is 7.06. The number of unbranched alkanes of at least 4 members (excludes halogenated alkanes) is 2. The molecule has 0 aromatic carbocycles. The normalized spacial score (nSPS) is 10.0. The summed E-state index contributed by atoms with van der Waals surface area (Å²) in [5.74, 6) is 0.871. The molecule has 1 aromatic rings. The second-order valence-electron chi connectivity index (χ2n) is 3.39. The van der Waals surface area contributed by atoms with Gasteiger partial charge < -0.3 is 15.7 Å². The molecule has 0 aliphatic carbocycles. The highest BCUT2D eigenvalue weighted by molar-refractivity contribution is 5.51. The molecule has 0 radical (unpaired) electrons. The van der Waals surface area contributed by atoms with E-state index in [4.69, 9.17) is 5.11 Å². The van der Waals surface area contributed by atoms with Gasteiger partial charge in [0.2, 0.25) is 0 Å². The predicted octanol–water partition coefficient (Wildman–Crippen LogP) is 1.70. The largest absolute Gasteiger partial charge is 0.396 e. The average Bonchev–Trinajstić information content (AvgIpc) is 2.29. The summed E-state index contributed by atoms with van der Waals surface area (Å²) in [6, 6.07) is 3.93. The summed E-state index contributed by atoms with van der Waals surface area (Å²) < 4.78 is 0.